The Hall–Kier alpha value is -0.620. The van der Waals surface area contributed by atoms with Crippen molar-refractivity contribution < 1.29 is 13.2 Å². The van der Waals surface area contributed by atoms with Crippen molar-refractivity contribution in [3.05, 3.63) is 0 Å². The lowest BCUT2D eigenvalue weighted by molar-refractivity contribution is -0.139. The highest BCUT2D eigenvalue weighted by Gasteiger charge is 2.42. The monoisotopic (exact) mass is 274 g/mol. The lowest BCUT2D eigenvalue weighted by Crippen LogP contribution is -2.51. The highest BCUT2D eigenvalue weighted by Crippen LogP contribution is 2.28. The van der Waals surface area contributed by atoms with Gasteiger partial charge >= 0.3 is 0 Å². The average molecular weight is 274 g/mol. The first-order valence-electron chi connectivity index (χ1n) is 6.58. The average Bonchev–Trinajstić information content (AvgIpc) is 2.40. The minimum absolute atomic E-state index is 0.0389. The standard InChI is InChI=1S/C12H22N2O3S/c1-12(2)9-13-6-7-14(11(12)15)10-5-3-4-8-18(10,16)17/h10,13H,3-9H2,1-2H3. The fourth-order valence-electron chi connectivity index (χ4n) is 2.73. The maximum absolute atomic E-state index is 12.5. The highest BCUT2D eigenvalue weighted by molar-refractivity contribution is 7.92. The van der Waals surface area contributed by atoms with E-state index in [0.29, 0.717) is 26.1 Å². The van der Waals surface area contributed by atoms with Gasteiger partial charge < -0.3 is 10.2 Å². The summed E-state index contributed by atoms with van der Waals surface area (Å²) >= 11 is 0. The summed E-state index contributed by atoms with van der Waals surface area (Å²) in [5.74, 6) is 0.179. The zero-order valence-electron chi connectivity index (χ0n) is 11.1. The number of nitrogens with zero attached hydrogens (tertiary/aromatic N) is 1. The third-order valence-electron chi connectivity index (χ3n) is 3.83. The summed E-state index contributed by atoms with van der Waals surface area (Å²) in [5.41, 5.74) is -0.524. The van der Waals surface area contributed by atoms with E-state index in [0.717, 1.165) is 12.8 Å². The Balaban J connectivity index is 2.27. The maximum atomic E-state index is 12.5. The van der Waals surface area contributed by atoms with Crippen LogP contribution >= 0.6 is 0 Å². The molecule has 2 heterocycles. The van der Waals surface area contributed by atoms with E-state index in [1.54, 1.807) is 4.90 Å². The van der Waals surface area contributed by atoms with Gasteiger partial charge in [0.15, 0.2) is 9.84 Å². The Kier molecular flexibility index (Phi) is 3.69. The van der Waals surface area contributed by atoms with Gasteiger partial charge in [0, 0.05) is 19.6 Å². The molecular formula is C12H22N2O3S. The fraction of sp³-hybridized carbons (Fsp3) is 0.917. The van der Waals surface area contributed by atoms with Crippen LogP contribution in [0.1, 0.15) is 33.1 Å². The van der Waals surface area contributed by atoms with E-state index in [9.17, 15) is 13.2 Å². The molecule has 5 nitrogen and oxygen atoms in total. The molecule has 0 aliphatic carbocycles. The van der Waals surface area contributed by atoms with Crippen LogP contribution in [0.3, 0.4) is 0 Å². The predicted molar refractivity (Wildman–Crippen MR) is 69.8 cm³/mol. The van der Waals surface area contributed by atoms with Gasteiger partial charge in [-0.1, -0.05) is 0 Å². The molecule has 2 rings (SSSR count). The number of carbonyl (C=O) groups is 1. The molecule has 0 aromatic carbocycles. The fourth-order valence-corrected chi connectivity index (χ4v) is 4.72. The highest BCUT2D eigenvalue weighted by atomic mass is 32.2. The van der Waals surface area contributed by atoms with Crippen LogP contribution in [0.2, 0.25) is 0 Å². The first-order chi connectivity index (χ1) is 8.34. The van der Waals surface area contributed by atoms with Crippen molar-refractivity contribution in [1.29, 1.82) is 0 Å². The zero-order valence-corrected chi connectivity index (χ0v) is 11.9. The van der Waals surface area contributed by atoms with Crippen molar-refractivity contribution in [2.24, 2.45) is 5.41 Å². The SMILES string of the molecule is CC1(C)CNCCN(C2CCCCS2(=O)=O)C1=O. The van der Waals surface area contributed by atoms with Gasteiger partial charge in [0.05, 0.1) is 11.2 Å². The number of carbonyl (C=O) groups excluding carboxylic acids is 1. The van der Waals surface area contributed by atoms with E-state index in [4.69, 9.17) is 0 Å². The molecule has 0 saturated carbocycles. The Bertz CT molecular complexity index is 431. The third-order valence-corrected chi connectivity index (χ3v) is 6.01. The summed E-state index contributed by atoms with van der Waals surface area (Å²) in [6, 6.07) is 0. The van der Waals surface area contributed by atoms with Gasteiger partial charge in [-0.15, -0.1) is 0 Å². The molecule has 0 radical (unpaired) electrons. The van der Waals surface area contributed by atoms with Crippen LogP contribution in [0.5, 0.6) is 0 Å². The molecule has 0 aromatic heterocycles. The van der Waals surface area contributed by atoms with Crippen molar-refractivity contribution in [3.8, 4) is 0 Å². The Labute approximate surface area is 109 Å². The molecule has 2 aliphatic heterocycles. The molecule has 2 saturated heterocycles. The molecule has 1 unspecified atom stereocenters. The Morgan fingerprint density at radius 2 is 2.06 bits per heavy atom. The summed E-state index contributed by atoms with van der Waals surface area (Å²) in [5, 5.41) is 2.61. The van der Waals surface area contributed by atoms with Crippen LogP contribution in [-0.2, 0) is 14.6 Å². The largest absolute Gasteiger partial charge is 0.324 e. The zero-order chi connectivity index (χ0) is 13.4. The van der Waals surface area contributed by atoms with Crippen LogP contribution in [-0.4, -0.2) is 50.0 Å². The van der Waals surface area contributed by atoms with Crippen molar-refractivity contribution in [2.45, 2.75) is 38.5 Å². The second-order valence-electron chi connectivity index (χ2n) is 5.88. The molecule has 2 aliphatic rings. The normalized spacial score (nSPS) is 32.0. The predicted octanol–water partition coefficient (Wildman–Crippen LogP) is 0.369. The molecule has 0 aromatic rings. The molecule has 18 heavy (non-hydrogen) atoms. The molecule has 0 spiro atoms. The number of rotatable bonds is 1. The van der Waals surface area contributed by atoms with Crippen molar-refractivity contribution in [3.63, 3.8) is 0 Å². The van der Waals surface area contributed by atoms with Crippen LogP contribution in [0.25, 0.3) is 0 Å². The Morgan fingerprint density at radius 1 is 1.33 bits per heavy atom. The van der Waals surface area contributed by atoms with Gasteiger partial charge in [-0.2, -0.15) is 0 Å². The minimum atomic E-state index is -3.15. The van der Waals surface area contributed by atoms with Crippen molar-refractivity contribution >= 4 is 15.7 Å². The Morgan fingerprint density at radius 3 is 2.72 bits per heavy atom. The van der Waals surface area contributed by atoms with Gasteiger partial charge in [-0.25, -0.2) is 8.42 Å². The van der Waals surface area contributed by atoms with Gasteiger partial charge in [-0.05, 0) is 33.1 Å². The van der Waals surface area contributed by atoms with Crippen molar-refractivity contribution in [1.82, 2.24) is 10.2 Å². The molecule has 1 amide bonds. The van der Waals surface area contributed by atoms with Crippen LogP contribution in [0.4, 0.5) is 0 Å². The number of nitrogens with one attached hydrogen (secondary N) is 1. The van der Waals surface area contributed by atoms with Crippen LogP contribution in [0.15, 0.2) is 0 Å². The van der Waals surface area contributed by atoms with Crippen LogP contribution < -0.4 is 5.32 Å². The molecule has 0 bridgehead atoms. The number of hydrogen-bond acceptors (Lipinski definition) is 4. The van der Waals surface area contributed by atoms with Crippen LogP contribution in [0, 0.1) is 5.41 Å². The summed E-state index contributed by atoms with van der Waals surface area (Å²) in [6.07, 6.45) is 2.20. The molecule has 6 heteroatoms. The first kappa shape index (κ1) is 13.8. The first-order valence-corrected chi connectivity index (χ1v) is 8.29. The van der Waals surface area contributed by atoms with E-state index in [1.807, 2.05) is 13.8 Å². The molecular weight excluding hydrogens is 252 g/mol. The summed E-state index contributed by atoms with van der Waals surface area (Å²) in [7, 11) is -3.15. The summed E-state index contributed by atoms with van der Waals surface area (Å²) in [6.45, 7) is 5.51. The van der Waals surface area contributed by atoms with Crippen molar-refractivity contribution in [2.75, 3.05) is 25.4 Å². The molecule has 104 valence electrons. The van der Waals surface area contributed by atoms with E-state index in [2.05, 4.69) is 5.32 Å². The lowest BCUT2D eigenvalue weighted by Gasteiger charge is -2.36. The van der Waals surface area contributed by atoms with E-state index < -0.39 is 20.6 Å². The number of sulfone groups is 1. The molecule has 1 atom stereocenters. The second kappa shape index (κ2) is 4.81. The summed E-state index contributed by atoms with van der Waals surface area (Å²) in [4.78, 5) is 14.1. The topological polar surface area (TPSA) is 66.5 Å². The van der Waals surface area contributed by atoms with Gasteiger partial charge in [0.2, 0.25) is 5.91 Å². The smallest absolute Gasteiger partial charge is 0.230 e. The van der Waals surface area contributed by atoms with Gasteiger partial charge in [0.1, 0.15) is 5.37 Å². The number of hydrogen-bond donors (Lipinski definition) is 1. The van der Waals surface area contributed by atoms with E-state index in [1.165, 1.54) is 0 Å². The third kappa shape index (κ3) is 2.54. The summed E-state index contributed by atoms with van der Waals surface area (Å²) < 4.78 is 24.3. The van der Waals surface area contributed by atoms with Gasteiger partial charge in [-0.3, -0.25) is 4.79 Å². The quantitative estimate of drug-likeness (QED) is 0.750. The van der Waals surface area contributed by atoms with E-state index in [-0.39, 0.29) is 11.7 Å². The minimum Gasteiger partial charge on any atom is -0.324 e. The second-order valence-corrected chi connectivity index (χ2v) is 8.15. The molecule has 2 fully saturated rings. The molecule has 1 N–H and O–H groups in total. The number of amides is 1. The van der Waals surface area contributed by atoms with E-state index >= 15 is 0 Å². The lowest BCUT2D eigenvalue weighted by atomic mass is 9.92. The maximum Gasteiger partial charge on any atom is 0.230 e. The van der Waals surface area contributed by atoms with Gasteiger partial charge in [0.25, 0.3) is 0 Å².